The van der Waals surface area contributed by atoms with E-state index in [2.05, 4.69) is 36.5 Å². The van der Waals surface area contributed by atoms with E-state index in [0.29, 0.717) is 17.6 Å². The van der Waals surface area contributed by atoms with Crippen LogP contribution in [-0.4, -0.2) is 53.8 Å². The van der Waals surface area contributed by atoms with Crippen LogP contribution in [0.3, 0.4) is 0 Å². The molecule has 0 radical (unpaired) electrons. The van der Waals surface area contributed by atoms with Gasteiger partial charge in [-0.05, 0) is 21.5 Å². The maximum absolute atomic E-state index is 11.9. The predicted molar refractivity (Wildman–Crippen MR) is 100 cm³/mol. The molecule has 0 fully saturated rings. The lowest BCUT2D eigenvalue weighted by molar-refractivity contribution is -0.144. The number of aliphatic hydroxyl groups is 1. The molecule has 1 amide bonds. The molecule has 0 bridgehead atoms. The summed E-state index contributed by atoms with van der Waals surface area (Å²) in [6.07, 6.45) is -1.56. The lowest BCUT2D eigenvalue weighted by Crippen LogP contribution is -2.47. The zero-order valence-corrected chi connectivity index (χ0v) is 16.3. The van der Waals surface area contributed by atoms with Crippen LogP contribution in [0.1, 0.15) is 18.4 Å². The second kappa shape index (κ2) is 10.9. The Balaban J connectivity index is 1.77. The van der Waals surface area contributed by atoms with Crippen LogP contribution in [0.2, 0.25) is 0 Å². The lowest BCUT2D eigenvalue weighted by atomic mass is 10.2. The fourth-order valence-electron chi connectivity index (χ4n) is 2.34. The van der Waals surface area contributed by atoms with Crippen molar-refractivity contribution < 1.29 is 29.0 Å². The van der Waals surface area contributed by atoms with E-state index in [1.165, 1.54) is 7.11 Å². The Morgan fingerprint density at radius 2 is 2.15 bits per heavy atom. The van der Waals surface area contributed by atoms with Crippen molar-refractivity contribution >= 4 is 32.6 Å². The Labute approximate surface area is 165 Å². The van der Waals surface area contributed by atoms with Crippen LogP contribution in [0, 0.1) is 0 Å². The first-order valence-electron chi connectivity index (χ1n) is 8.32. The number of hydrogen-bond acceptors (Lipinski definition) is 8. The van der Waals surface area contributed by atoms with E-state index in [1.54, 1.807) is 0 Å². The van der Waals surface area contributed by atoms with Crippen molar-refractivity contribution in [2.24, 2.45) is 5.16 Å². The Kier molecular flexibility index (Phi) is 8.49. The highest BCUT2D eigenvalue weighted by molar-refractivity contribution is 9.18. The number of hydrogen-bond donors (Lipinski definition) is 3. The second-order valence-electron chi connectivity index (χ2n) is 5.84. The van der Waals surface area contributed by atoms with Gasteiger partial charge in [0.2, 0.25) is 0 Å². The number of nitrogens with zero attached hydrogens (tertiary/aromatic N) is 1. The van der Waals surface area contributed by atoms with E-state index in [4.69, 9.17) is 9.57 Å². The molecule has 148 valence electrons. The van der Waals surface area contributed by atoms with Crippen molar-refractivity contribution in [2.75, 3.05) is 13.7 Å². The van der Waals surface area contributed by atoms with Gasteiger partial charge in [-0.1, -0.05) is 35.5 Å². The highest BCUT2D eigenvalue weighted by Gasteiger charge is 2.26. The summed E-state index contributed by atoms with van der Waals surface area (Å²) >= 11 is 3.23. The average Bonchev–Trinajstić information content (AvgIpc) is 3.09. The van der Waals surface area contributed by atoms with Gasteiger partial charge in [-0.3, -0.25) is 5.32 Å². The fraction of sp³-hybridized carbons (Fsp3) is 0.471. The molecule has 9 nitrogen and oxygen atoms in total. The van der Waals surface area contributed by atoms with Crippen molar-refractivity contribution in [2.45, 2.75) is 37.8 Å². The topological polar surface area (TPSA) is 118 Å². The molecule has 27 heavy (non-hydrogen) atoms. The van der Waals surface area contributed by atoms with E-state index in [9.17, 15) is 14.7 Å². The number of nitrogens with one attached hydrogen (secondary N) is 2. The minimum absolute atomic E-state index is 0.0647. The Morgan fingerprint density at radius 3 is 2.78 bits per heavy atom. The molecule has 0 spiro atoms. The number of ether oxygens (including phenoxy) is 2. The first-order chi connectivity index (χ1) is 13.0. The molecule has 3 atom stereocenters. The van der Waals surface area contributed by atoms with Gasteiger partial charge in [0.1, 0.15) is 29.6 Å². The Hall–Kier alpha value is -2.17. The molecule has 0 aromatic heterocycles. The van der Waals surface area contributed by atoms with Crippen LogP contribution < -0.4 is 10.6 Å². The molecule has 10 heteroatoms. The SMILES string of the molecule is COC(=O)[C@H](CC(O)NCC1CC(Br)=NO1)NC(=O)OCc1ccccc1. The predicted octanol–water partition coefficient (Wildman–Crippen LogP) is 1.25. The first kappa shape index (κ1) is 21.1. The largest absolute Gasteiger partial charge is 0.467 e. The average molecular weight is 444 g/mol. The van der Waals surface area contributed by atoms with Gasteiger partial charge in [-0.15, -0.1) is 0 Å². The van der Waals surface area contributed by atoms with Gasteiger partial charge < -0.3 is 24.7 Å². The number of methoxy groups -OCH3 is 1. The van der Waals surface area contributed by atoms with E-state index in [-0.39, 0.29) is 19.1 Å². The van der Waals surface area contributed by atoms with E-state index in [0.717, 1.165) is 5.56 Å². The summed E-state index contributed by atoms with van der Waals surface area (Å²) in [6, 6.07) is 8.07. The number of rotatable bonds is 9. The minimum atomic E-state index is -1.06. The molecule has 2 unspecified atom stereocenters. The third kappa shape index (κ3) is 7.53. The van der Waals surface area contributed by atoms with Crippen LogP contribution in [0.4, 0.5) is 4.79 Å². The zero-order chi connectivity index (χ0) is 19.6. The van der Waals surface area contributed by atoms with Crippen LogP contribution in [0.5, 0.6) is 0 Å². The van der Waals surface area contributed by atoms with Gasteiger partial charge in [0, 0.05) is 19.4 Å². The minimum Gasteiger partial charge on any atom is -0.467 e. The maximum atomic E-state index is 11.9. The number of aliphatic hydroxyl groups excluding tert-OH is 1. The van der Waals surface area contributed by atoms with Gasteiger partial charge in [-0.25, -0.2) is 9.59 Å². The fourth-order valence-corrected chi connectivity index (χ4v) is 2.79. The third-order valence-electron chi connectivity index (χ3n) is 3.73. The van der Waals surface area contributed by atoms with Gasteiger partial charge in [-0.2, -0.15) is 0 Å². The smallest absolute Gasteiger partial charge is 0.408 e. The molecular formula is C17H22BrN3O6. The number of amides is 1. The standard InChI is InChI=1S/C17H22BrN3O6/c1-25-16(23)13(8-15(22)19-9-12-7-14(18)21-27-12)20-17(24)26-10-11-5-3-2-4-6-11/h2-6,12-13,15,19,22H,7-10H2,1H3,(H,20,24)/t12?,13-,15?/m0/s1. The molecule has 3 N–H and O–H groups in total. The number of alkyl carbamates (subject to hydrolysis) is 1. The summed E-state index contributed by atoms with van der Waals surface area (Å²) in [5, 5.41) is 19.1. The van der Waals surface area contributed by atoms with Crippen LogP contribution in [0.25, 0.3) is 0 Å². The third-order valence-corrected chi connectivity index (χ3v) is 4.20. The monoisotopic (exact) mass is 443 g/mol. The Morgan fingerprint density at radius 1 is 1.41 bits per heavy atom. The van der Waals surface area contributed by atoms with Gasteiger partial charge >= 0.3 is 12.1 Å². The number of carbonyl (C=O) groups is 2. The summed E-state index contributed by atoms with van der Waals surface area (Å²) in [6.45, 7) is 0.390. The van der Waals surface area contributed by atoms with Gasteiger partial charge in [0.15, 0.2) is 0 Å². The van der Waals surface area contributed by atoms with Crippen molar-refractivity contribution in [3.8, 4) is 0 Å². The quantitative estimate of drug-likeness (QED) is 0.388. The second-order valence-corrected chi connectivity index (χ2v) is 6.76. The summed E-state index contributed by atoms with van der Waals surface area (Å²) in [5.41, 5.74) is 0.814. The molecule has 1 aliphatic rings. The summed E-state index contributed by atoms with van der Waals surface area (Å²) < 4.78 is 10.5. The van der Waals surface area contributed by atoms with Crippen molar-refractivity contribution in [1.82, 2.24) is 10.6 Å². The summed E-state index contributed by atoms with van der Waals surface area (Å²) in [4.78, 5) is 28.9. The summed E-state index contributed by atoms with van der Waals surface area (Å²) in [7, 11) is 1.20. The highest BCUT2D eigenvalue weighted by atomic mass is 79.9. The number of halogens is 1. The molecule has 1 heterocycles. The van der Waals surface area contributed by atoms with Crippen molar-refractivity contribution in [3.05, 3.63) is 35.9 Å². The van der Waals surface area contributed by atoms with Crippen molar-refractivity contribution in [3.63, 3.8) is 0 Å². The summed E-state index contributed by atoms with van der Waals surface area (Å²) in [5.74, 6) is -0.685. The molecule has 2 rings (SSSR count). The molecule has 0 saturated heterocycles. The molecule has 1 aliphatic heterocycles. The number of oxime groups is 1. The number of carbonyl (C=O) groups excluding carboxylic acids is 2. The van der Waals surface area contributed by atoms with E-state index >= 15 is 0 Å². The van der Waals surface area contributed by atoms with Crippen LogP contribution in [0.15, 0.2) is 35.5 Å². The number of benzene rings is 1. The highest BCUT2D eigenvalue weighted by Crippen LogP contribution is 2.13. The van der Waals surface area contributed by atoms with E-state index in [1.807, 2.05) is 30.3 Å². The molecule has 1 aromatic carbocycles. The zero-order valence-electron chi connectivity index (χ0n) is 14.8. The lowest BCUT2D eigenvalue weighted by Gasteiger charge is -2.21. The molecule has 0 saturated carbocycles. The van der Waals surface area contributed by atoms with Crippen LogP contribution in [-0.2, 0) is 25.7 Å². The van der Waals surface area contributed by atoms with Crippen molar-refractivity contribution in [1.29, 1.82) is 0 Å². The Bertz CT molecular complexity index is 657. The van der Waals surface area contributed by atoms with Gasteiger partial charge in [0.25, 0.3) is 0 Å². The molecular weight excluding hydrogens is 422 g/mol. The first-order valence-corrected chi connectivity index (χ1v) is 9.12. The maximum Gasteiger partial charge on any atom is 0.408 e. The molecule has 1 aromatic rings. The van der Waals surface area contributed by atoms with Gasteiger partial charge in [0.05, 0.1) is 7.11 Å². The number of esters is 1. The van der Waals surface area contributed by atoms with E-state index < -0.39 is 24.3 Å². The van der Waals surface area contributed by atoms with Crippen LogP contribution >= 0.6 is 15.9 Å². The molecule has 0 aliphatic carbocycles. The normalized spacial score (nSPS) is 18.0.